The molecule has 0 saturated carbocycles. The van der Waals surface area contributed by atoms with E-state index in [1.807, 2.05) is 0 Å². The van der Waals surface area contributed by atoms with Crippen LogP contribution in [0.15, 0.2) is 63.6 Å². The Bertz CT molecular complexity index is 2140. The summed E-state index contributed by atoms with van der Waals surface area (Å²) in [6, 6.07) is 13.5. The van der Waals surface area contributed by atoms with E-state index in [-0.39, 0.29) is 16.9 Å². The van der Waals surface area contributed by atoms with E-state index in [1.54, 1.807) is 61.7 Å². The van der Waals surface area contributed by atoms with Crippen LogP contribution in [0.3, 0.4) is 0 Å². The van der Waals surface area contributed by atoms with Crippen molar-refractivity contribution in [1.29, 1.82) is 0 Å². The maximum atomic E-state index is 13.0. The number of azo groups is 1. The highest BCUT2D eigenvalue weighted by molar-refractivity contribution is 5.95. The molecule has 0 amide bonds. The summed E-state index contributed by atoms with van der Waals surface area (Å²) in [4.78, 5) is 61.7. The fraction of sp³-hybridized carbons (Fsp3) is 0.324. The van der Waals surface area contributed by atoms with Crippen LogP contribution >= 0.6 is 0 Å². The Hall–Kier alpha value is -6.63. The summed E-state index contributed by atoms with van der Waals surface area (Å²) in [5.74, 6) is 2.50. The number of esters is 4. The summed E-state index contributed by atoms with van der Waals surface area (Å²) < 4.78 is 34.9. The van der Waals surface area contributed by atoms with Gasteiger partial charge >= 0.3 is 23.9 Å². The number of hydrogen-bond acceptors (Lipinski definition) is 17. The van der Waals surface area contributed by atoms with Crippen LogP contribution < -0.4 is 16.1 Å². The SMILES string of the molecule is COc1ccc(/C=C/c2nnc(N=Nc3c(O)n([C@@H]4O[C@H](COC(C)=O)[C@@H](OC(C)=O)[C@H](OC(C)=O)[C@H]4OC(C)=O)c4ccccc34)n(N)c2=O)cc1. The van der Waals surface area contributed by atoms with Crippen molar-refractivity contribution >= 4 is 58.6 Å². The number of nitrogens with zero attached hydrogens (tertiary/aromatic N) is 6. The van der Waals surface area contributed by atoms with Gasteiger partial charge in [-0.15, -0.1) is 20.4 Å². The van der Waals surface area contributed by atoms with E-state index in [2.05, 4.69) is 20.4 Å². The van der Waals surface area contributed by atoms with E-state index in [0.717, 1.165) is 33.3 Å². The number of methoxy groups -OCH3 is 1. The van der Waals surface area contributed by atoms with E-state index >= 15 is 0 Å². The van der Waals surface area contributed by atoms with Gasteiger partial charge in [0.25, 0.3) is 11.5 Å². The first kappa shape index (κ1) is 37.6. The van der Waals surface area contributed by atoms with Gasteiger partial charge in [-0.25, -0.2) is 0 Å². The minimum atomic E-state index is -1.54. The number of ether oxygens (including phenoxy) is 6. The number of carbonyl (C=O) groups excluding carboxylic acids is 4. The Balaban J connectivity index is 1.57. The maximum Gasteiger partial charge on any atom is 0.303 e. The summed E-state index contributed by atoms with van der Waals surface area (Å²) in [5, 5.41) is 28.0. The maximum absolute atomic E-state index is 13.0. The molecule has 19 nitrogen and oxygen atoms in total. The summed E-state index contributed by atoms with van der Waals surface area (Å²) >= 11 is 0. The van der Waals surface area contributed by atoms with Crippen LogP contribution in [0.4, 0.5) is 11.6 Å². The molecule has 1 aliphatic rings. The molecule has 5 rings (SSSR count). The van der Waals surface area contributed by atoms with E-state index in [1.165, 1.54) is 10.6 Å². The van der Waals surface area contributed by atoms with Crippen LogP contribution in [0.5, 0.6) is 11.6 Å². The third kappa shape index (κ3) is 8.47. The molecule has 2 aromatic carbocycles. The monoisotopic (exact) mass is 733 g/mol. The Labute approximate surface area is 300 Å². The molecule has 3 heterocycles. The molecule has 53 heavy (non-hydrogen) atoms. The van der Waals surface area contributed by atoms with Gasteiger partial charge < -0.3 is 39.4 Å². The van der Waals surface area contributed by atoms with Crippen LogP contribution in [0.1, 0.15) is 45.2 Å². The molecule has 0 radical (unpaired) electrons. The molecular formula is C34H35N7O12. The normalized spacial score (nSPS) is 20.0. The zero-order chi connectivity index (χ0) is 38.4. The molecule has 4 aromatic rings. The van der Waals surface area contributed by atoms with E-state index in [0.29, 0.717) is 15.8 Å². The third-order valence-electron chi connectivity index (χ3n) is 7.77. The number of aromatic hydroxyl groups is 1. The Morgan fingerprint density at radius 2 is 1.51 bits per heavy atom. The second kappa shape index (κ2) is 16.1. The van der Waals surface area contributed by atoms with Gasteiger partial charge in [0.15, 0.2) is 35.9 Å². The molecule has 1 fully saturated rings. The van der Waals surface area contributed by atoms with Crippen LogP contribution in [0.2, 0.25) is 0 Å². The first-order valence-electron chi connectivity index (χ1n) is 15.9. The van der Waals surface area contributed by atoms with Gasteiger partial charge in [0.1, 0.15) is 18.5 Å². The second-order valence-electron chi connectivity index (χ2n) is 11.5. The predicted molar refractivity (Wildman–Crippen MR) is 183 cm³/mol. The molecule has 19 heteroatoms. The minimum Gasteiger partial charge on any atom is -0.497 e. The lowest BCUT2D eigenvalue weighted by molar-refractivity contribution is -0.268. The number of rotatable bonds is 11. The summed E-state index contributed by atoms with van der Waals surface area (Å²) in [6.45, 7) is 3.94. The molecule has 1 saturated heterocycles. The summed E-state index contributed by atoms with van der Waals surface area (Å²) in [7, 11) is 1.55. The first-order valence-corrected chi connectivity index (χ1v) is 15.9. The highest BCUT2D eigenvalue weighted by atomic mass is 16.7. The van der Waals surface area contributed by atoms with Gasteiger partial charge in [-0.05, 0) is 29.8 Å². The molecular weight excluding hydrogens is 698 g/mol. The fourth-order valence-corrected chi connectivity index (χ4v) is 5.56. The van der Waals surface area contributed by atoms with Gasteiger partial charge in [-0.1, -0.05) is 36.4 Å². The lowest BCUT2D eigenvalue weighted by atomic mass is 9.97. The average molecular weight is 734 g/mol. The fourth-order valence-electron chi connectivity index (χ4n) is 5.56. The molecule has 3 N–H and O–H groups in total. The lowest BCUT2D eigenvalue weighted by Gasteiger charge is -2.44. The van der Waals surface area contributed by atoms with Gasteiger partial charge in [0, 0.05) is 33.1 Å². The molecule has 2 aromatic heterocycles. The Kier molecular flexibility index (Phi) is 11.5. The van der Waals surface area contributed by atoms with Crippen molar-refractivity contribution < 1.29 is 52.7 Å². The highest BCUT2D eigenvalue weighted by Gasteiger charge is 2.53. The van der Waals surface area contributed by atoms with Crippen molar-refractivity contribution in [2.45, 2.75) is 58.3 Å². The first-order chi connectivity index (χ1) is 25.3. The molecule has 1 aliphatic heterocycles. The van der Waals surface area contributed by atoms with Gasteiger partial charge in [0.2, 0.25) is 5.88 Å². The molecule has 0 bridgehead atoms. The molecule has 0 spiro atoms. The number of hydrogen-bond donors (Lipinski definition) is 2. The van der Waals surface area contributed by atoms with Crippen LogP contribution in [-0.2, 0) is 42.9 Å². The standard InChI is InChI=1S/C34H35N7O12/c1-17(42)49-16-26-28(50-18(2)43)29(51-19(3)44)30(52-20(4)45)33(53-26)40-25-9-7-6-8-23(25)27(32(40)47)37-39-34-38-36-24(31(46)41(34)35)15-12-21-10-13-22(48-5)14-11-21/h6-15,26,28-30,33,47H,16,35H2,1-5H3/b15-12+,39-37?/t26-,28-,29+,30-,33-/m1/s1. The zero-order valence-corrected chi connectivity index (χ0v) is 29.1. The number of para-hydroxylation sites is 1. The van der Waals surface area contributed by atoms with Crippen LogP contribution in [-0.4, -0.2) is 86.6 Å². The van der Waals surface area contributed by atoms with Crippen LogP contribution in [0, 0.1) is 0 Å². The number of fused-ring (bicyclic) bond motifs is 1. The summed E-state index contributed by atoms with van der Waals surface area (Å²) in [6.07, 6.45) is -4.22. The minimum absolute atomic E-state index is 0.0922. The second-order valence-corrected chi connectivity index (χ2v) is 11.5. The molecule has 5 atom stereocenters. The van der Waals surface area contributed by atoms with Crippen molar-refractivity contribution in [2.24, 2.45) is 10.2 Å². The number of benzene rings is 2. The zero-order valence-electron chi connectivity index (χ0n) is 29.1. The topological polar surface area (TPSA) is 247 Å². The number of carbonyl (C=O) groups is 4. The van der Waals surface area contributed by atoms with E-state index < -0.39 is 78.5 Å². The van der Waals surface area contributed by atoms with E-state index in [9.17, 15) is 29.1 Å². The third-order valence-corrected chi connectivity index (χ3v) is 7.77. The van der Waals surface area contributed by atoms with Crippen molar-refractivity contribution in [1.82, 2.24) is 19.4 Å². The predicted octanol–water partition coefficient (Wildman–Crippen LogP) is 2.86. The number of aromatic nitrogens is 4. The number of nitrogens with two attached hydrogens (primary N) is 1. The van der Waals surface area contributed by atoms with Crippen molar-refractivity contribution in [3.8, 4) is 11.6 Å². The largest absolute Gasteiger partial charge is 0.497 e. The number of nitrogen functional groups attached to an aromatic ring is 1. The van der Waals surface area contributed by atoms with Crippen LogP contribution in [0.25, 0.3) is 23.1 Å². The quantitative estimate of drug-likeness (QED) is 0.0974. The van der Waals surface area contributed by atoms with Gasteiger partial charge in [-0.3, -0.25) is 28.5 Å². The smallest absolute Gasteiger partial charge is 0.303 e. The molecule has 0 unspecified atom stereocenters. The average Bonchev–Trinajstić information content (AvgIpc) is 3.39. The van der Waals surface area contributed by atoms with Crippen molar-refractivity contribution in [2.75, 3.05) is 19.6 Å². The highest BCUT2D eigenvalue weighted by Crippen LogP contribution is 2.45. The Morgan fingerprint density at radius 3 is 2.15 bits per heavy atom. The van der Waals surface area contributed by atoms with Crippen molar-refractivity contribution in [3.63, 3.8) is 0 Å². The molecule has 0 aliphatic carbocycles. The summed E-state index contributed by atoms with van der Waals surface area (Å²) in [5.41, 5.74) is 0.0115. The lowest BCUT2D eigenvalue weighted by Crippen LogP contribution is -2.60. The van der Waals surface area contributed by atoms with Gasteiger partial charge in [-0.2, -0.15) is 4.68 Å². The van der Waals surface area contributed by atoms with E-state index in [4.69, 9.17) is 34.3 Å². The molecule has 278 valence electrons. The van der Waals surface area contributed by atoms with Gasteiger partial charge in [0.05, 0.1) is 12.6 Å². The van der Waals surface area contributed by atoms with Crippen molar-refractivity contribution in [3.05, 3.63) is 70.1 Å². The Morgan fingerprint density at radius 1 is 0.868 bits per heavy atom.